The third-order valence-electron chi connectivity index (χ3n) is 4.88. The van der Waals surface area contributed by atoms with Gasteiger partial charge in [0.25, 0.3) is 0 Å². The molecule has 1 atom stereocenters. The Balaban J connectivity index is 2.10. The van der Waals surface area contributed by atoms with Gasteiger partial charge in [0.05, 0.1) is 11.4 Å². The molecule has 1 heterocycles. The van der Waals surface area contributed by atoms with E-state index >= 15 is 0 Å². The zero-order valence-corrected chi connectivity index (χ0v) is 15.1. The molecule has 7 heteroatoms. The van der Waals surface area contributed by atoms with E-state index in [1.54, 1.807) is 25.8 Å². The van der Waals surface area contributed by atoms with E-state index < -0.39 is 15.1 Å². The predicted molar refractivity (Wildman–Crippen MR) is 87.7 cm³/mol. The molecule has 1 aliphatic rings. The smallest absolute Gasteiger partial charge is 0.240 e. The maximum Gasteiger partial charge on any atom is 0.240 e. The highest BCUT2D eigenvalue weighted by Gasteiger charge is 2.34. The number of carbonyl (C=O) groups excluding carboxylic acids is 1. The first-order chi connectivity index (χ1) is 10.7. The van der Waals surface area contributed by atoms with Gasteiger partial charge in [0, 0.05) is 18.7 Å². The molecular formula is C16H26N2O4S. The molecule has 0 N–H and O–H groups in total. The first-order valence-electron chi connectivity index (χ1n) is 8.14. The van der Waals surface area contributed by atoms with E-state index in [0.717, 1.165) is 25.7 Å². The summed E-state index contributed by atoms with van der Waals surface area (Å²) in [5.41, 5.74) is 1.12. The van der Waals surface area contributed by atoms with Gasteiger partial charge in [-0.1, -0.05) is 24.4 Å². The second kappa shape index (κ2) is 7.03. The molecule has 0 saturated heterocycles. The van der Waals surface area contributed by atoms with Crippen LogP contribution in [0.1, 0.15) is 56.0 Å². The second-order valence-electron chi connectivity index (χ2n) is 6.49. The molecule has 1 aromatic rings. The van der Waals surface area contributed by atoms with Gasteiger partial charge >= 0.3 is 0 Å². The standard InChI is InChI=1S/C16H26N2O4S/c1-11-15(12(2)22-17-11)10-23(20,21)13(3)16(19)18(4)14-8-6-5-7-9-14/h13-14H,5-10H2,1-4H3/t13-/m0/s1. The van der Waals surface area contributed by atoms with Crippen molar-refractivity contribution in [1.29, 1.82) is 0 Å². The molecule has 0 bridgehead atoms. The molecule has 2 rings (SSSR count). The lowest BCUT2D eigenvalue weighted by Gasteiger charge is -2.32. The van der Waals surface area contributed by atoms with Crippen LogP contribution in [0.15, 0.2) is 4.52 Å². The van der Waals surface area contributed by atoms with E-state index in [9.17, 15) is 13.2 Å². The lowest BCUT2D eigenvalue weighted by Crippen LogP contribution is -2.45. The Morgan fingerprint density at radius 3 is 2.43 bits per heavy atom. The van der Waals surface area contributed by atoms with Crippen LogP contribution in [0.25, 0.3) is 0 Å². The number of sulfone groups is 1. The van der Waals surface area contributed by atoms with Crippen molar-refractivity contribution in [3.05, 3.63) is 17.0 Å². The number of hydrogen-bond acceptors (Lipinski definition) is 5. The first kappa shape index (κ1) is 18.0. The summed E-state index contributed by atoms with van der Waals surface area (Å²) in [5, 5.41) is 2.73. The van der Waals surface area contributed by atoms with Gasteiger partial charge in [0.2, 0.25) is 5.91 Å². The Morgan fingerprint density at radius 2 is 1.91 bits per heavy atom. The van der Waals surface area contributed by atoms with Gasteiger partial charge in [0.1, 0.15) is 11.0 Å². The van der Waals surface area contributed by atoms with E-state index in [4.69, 9.17) is 4.52 Å². The van der Waals surface area contributed by atoms with Gasteiger partial charge in [-0.15, -0.1) is 0 Å². The zero-order chi connectivity index (χ0) is 17.2. The molecule has 1 fully saturated rings. The van der Waals surface area contributed by atoms with Crippen molar-refractivity contribution in [1.82, 2.24) is 10.1 Å². The van der Waals surface area contributed by atoms with Crippen LogP contribution in [-0.2, 0) is 20.4 Å². The number of nitrogens with zero attached hydrogens (tertiary/aromatic N) is 2. The van der Waals surface area contributed by atoms with Gasteiger partial charge in [-0.05, 0) is 33.6 Å². The number of aromatic nitrogens is 1. The average molecular weight is 342 g/mol. The normalized spacial score (nSPS) is 17.9. The molecule has 0 spiro atoms. The van der Waals surface area contributed by atoms with Gasteiger partial charge < -0.3 is 9.42 Å². The van der Waals surface area contributed by atoms with Crippen LogP contribution in [0.3, 0.4) is 0 Å². The van der Waals surface area contributed by atoms with Crippen molar-refractivity contribution in [3.8, 4) is 0 Å². The Morgan fingerprint density at radius 1 is 1.30 bits per heavy atom. The van der Waals surface area contributed by atoms with Crippen LogP contribution in [0.2, 0.25) is 0 Å². The number of aryl methyl sites for hydroxylation is 2. The third-order valence-corrected chi connectivity index (χ3v) is 6.85. The second-order valence-corrected chi connectivity index (χ2v) is 8.81. The van der Waals surface area contributed by atoms with Crippen molar-refractivity contribution in [2.75, 3.05) is 7.05 Å². The maximum atomic E-state index is 12.6. The molecule has 1 saturated carbocycles. The molecule has 23 heavy (non-hydrogen) atoms. The topological polar surface area (TPSA) is 80.5 Å². The average Bonchev–Trinajstić information content (AvgIpc) is 2.85. The number of hydrogen-bond donors (Lipinski definition) is 0. The lowest BCUT2D eigenvalue weighted by molar-refractivity contribution is -0.131. The quantitative estimate of drug-likeness (QED) is 0.821. The summed E-state index contributed by atoms with van der Waals surface area (Å²) >= 11 is 0. The summed E-state index contributed by atoms with van der Waals surface area (Å²) in [6.07, 6.45) is 5.31. The number of rotatable bonds is 5. The molecule has 1 aromatic heterocycles. The highest BCUT2D eigenvalue weighted by Crippen LogP contribution is 2.24. The van der Waals surface area contributed by atoms with Crippen molar-refractivity contribution in [3.63, 3.8) is 0 Å². The molecule has 1 aliphatic carbocycles. The fourth-order valence-corrected chi connectivity index (χ4v) is 4.66. The zero-order valence-electron chi connectivity index (χ0n) is 14.3. The van der Waals surface area contributed by atoms with Gasteiger partial charge in [0.15, 0.2) is 9.84 Å². The Labute approximate surface area is 138 Å². The summed E-state index contributed by atoms with van der Waals surface area (Å²) in [5.74, 6) is -0.0328. The van der Waals surface area contributed by atoms with Gasteiger partial charge in [-0.25, -0.2) is 8.42 Å². The monoisotopic (exact) mass is 342 g/mol. The largest absolute Gasteiger partial charge is 0.361 e. The van der Waals surface area contributed by atoms with Crippen LogP contribution in [0.5, 0.6) is 0 Å². The molecule has 1 amide bonds. The predicted octanol–water partition coefficient (Wildman–Crippen LogP) is 2.39. The summed E-state index contributed by atoms with van der Waals surface area (Å²) in [6.45, 7) is 4.88. The van der Waals surface area contributed by atoms with Gasteiger partial charge in [-0.2, -0.15) is 0 Å². The van der Waals surface area contributed by atoms with Crippen molar-refractivity contribution >= 4 is 15.7 Å². The van der Waals surface area contributed by atoms with E-state index in [2.05, 4.69) is 5.16 Å². The summed E-state index contributed by atoms with van der Waals surface area (Å²) in [4.78, 5) is 14.2. The van der Waals surface area contributed by atoms with Crippen molar-refractivity contribution < 1.29 is 17.7 Å². The van der Waals surface area contributed by atoms with E-state index in [0.29, 0.717) is 17.0 Å². The van der Waals surface area contributed by atoms with E-state index in [1.807, 2.05) is 0 Å². The molecular weight excluding hydrogens is 316 g/mol. The summed E-state index contributed by atoms with van der Waals surface area (Å²) < 4.78 is 30.2. The highest BCUT2D eigenvalue weighted by molar-refractivity contribution is 7.92. The SMILES string of the molecule is Cc1noc(C)c1CS(=O)(=O)[C@@H](C)C(=O)N(C)C1CCCCC1. The molecule has 0 unspecified atom stereocenters. The Hall–Kier alpha value is -1.37. The minimum Gasteiger partial charge on any atom is -0.361 e. The Bertz CT molecular complexity index is 640. The Kier molecular flexibility index (Phi) is 5.49. The van der Waals surface area contributed by atoms with E-state index in [1.165, 1.54) is 13.3 Å². The van der Waals surface area contributed by atoms with Crippen LogP contribution in [0.4, 0.5) is 0 Å². The van der Waals surface area contributed by atoms with Crippen LogP contribution in [-0.4, -0.2) is 42.7 Å². The molecule has 0 aliphatic heterocycles. The highest BCUT2D eigenvalue weighted by atomic mass is 32.2. The fraction of sp³-hybridized carbons (Fsp3) is 0.750. The number of carbonyl (C=O) groups is 1. The lowest BCUT2D eigenvalue weighted by atomic mass is 9.94. The van der Waals surface area contributed by atoms with Crippen LogP contribution in [0, 0.1) is 13.8 Å². The minimum absolute atomic E-state index is 0.160. The van der Waals surface area contributed by atoms with Crippen molar-refractivity contribution in [2.45, 2.75) is 69.9 Å². The molecule has 6 nitrogen and oxygen atoms in total. The summed E-state index contributed by atoms with van der Waals surface area (Å²) in [7, 11) is -1.88. The van der Waals surface area contributed by atoms with Crippen molar-refractivity contribution in [2.24, 2.45) is 0 Å². The number of amides is 1. The van der Waals surface area contributed by atoms with Crippen LogP contribution >= 0.6 is 0 Å². The maximum absolute atomic E-state index is 12.6. The van der Waals surface area contributed by atoms with E-state index in [-0.39, 0.29) is 17.7 Å². The minimum atomic E-state index is -3.60. The molecule has 0 aromatic carbocycles. The van der Waals surface area contributed by atoms with Crippen LogP contribution < -0.4 is 0 Å². The molecule has 130 valence electrons. The third kappa shape index (κ3) is 3.94. The van der Waals surface area contributed by atoms with Gasteiger partial charge in [-0.3, -0.25) is 4.79 Å². The molecule has 0 radical (unpaired) electrons. The fourth-order valence-electron chi connectivity index (χ4n) is 3.12. The summed E-state index contributed by atoms with van der Waals surface area (Å²) in [6, 6.07) is 0.160. The first-order valence-corrected chi connectivity index (χ1v) is 9.85.